The van der Waals surface area contributed by atoms with E-state index in [-0.39, 0.29) is 11.5 Å². The van der Waals surface area contributed by atoms with Gasteiger partial charge in [-0.2, -0.15) is 4.31 Å². The zero-order chi connectivity index (χ0) is 22.3. The highest BCUT2D eigenvalue weighted by Crippen LogP contribution is 2.70. The van der Waals surface area contributed by atoms with Crippen LogP contribution in [0.25, 0.3) is 0 Å². The van der Waals surface area contributed by atoms with E-state index in [0.717, 1.165) is 35.3 Å². The Labute approximate surface area is 189 Å². The second-order valence-electron chi connectivity index (χ2n) is 8.71. The average molecular weight is 450 g/mol. The molecule has 1 saturated carbocycles. The number of hydrogen-bond donors (Lipinski definition) is 0. The second kappa shape index (κ2) is 8.03. The van der Waals surface area contributed by atoms with Crippen molar-refractivity contribution >= 4 is 10.0 Å². The minimum Gasteiger partial charge on any atom is -0.497 e. The summed E-state index contributed by atoms with van der Waals surface area (Å²) in [5.74, 6) is 0.753. The van der Waals surface area contributed by atoms with Crippen molar-refractivity contribution < 1.29 is 17.9 Å². The number of nitrogens with zero attached hydrogens (tertiary/aromatic N) is 1. The van der Waals surface area contributed by atoms with Gasteiger partial charge in [-0.25, -0.2) is 8.42 Å². The van der Waals surface area contributed by atoms with Gasteiger partial charge in [0.15, 0.2) is 0 Å². The van der Waals surface area contributed by atoms with Crippen LogP contribution in [0, 0.1) is 12.3 Å². The van der Waals surface area contributed by atoms with Gasteiger partial charge in [0.1, 0.15) is 12.0 Å². The van der Waals surface area contributed by atoms with Gasteiger partial charge in [0.2, 0.25) is 10.0 Å². The first-order valence-electron chi connectivity index (χ1n) is 10.9. The third-order valence-corrected chi connectivity index (χ3v) is 8.45. The monoisotopic (exact) mass is 449 g/mol. The summed E-state index contributed by atoms with van der Waals surface area (Å²) in [6.07, 6.45) is 1.41. The molecular weight excluding hydrogens is 422 g/mol. The molecule has 6 heteroatoms. The van der Waals surface area contributed by atoms with Gasteiger partial charge in [-0.3, -0.25) is 0 Å². The second-order valence-corrected chi connectivity index (χ2v) is 10.5. The maximum atomic E-state index is 13.8. The van der Waals surface area contributed by atoms with Gasteiger partial charge >= 0.3 is 0 Å². The van der Waals surface area contributed by atoms with Crippen LogP contribution in [0.3, 0.4) is 0 Å². The fraction of sp³-hybridized carbons (Fsp3) is 0.308. The van der Waals surface area contributed by atoms with Gasteiger partial charge in [-0.1, -0.05) is 60.2 Å². The first kappa shape index (κ1) is 21.2. The Hall–Kier alpha value is -2.67. The largest absolute Gasteiger partial charge is 0.497 e. The maximum absolute atomic E-state index is 13.8. The highest BCUT2D eigenvalue weighted by molar-refractivity contribution is 7.89. The van der Waals surface area contributed by atoms with Gasteiger partial charge in [0.05, 0.1) is 24.7 Å². The van der Waals surface area contributed by atoms with Crippen LogP contribution >= 0.6 is 0 Å². The highest BCUT2D eigenvalue weighted by Gasteiger charge is 2.72. The molecule has 5 nitrogen and oxygen atoms in total. The average Bonchev–Trinajstić information content (AvgIpc) is 3.62. The van der Waals surface area contributed by atoms with E-state index in [2.05, 4.69) is 0 Å². The van der Waals surface area contributed by atoms with E-state index in [4.69, 9.17) is 9.47 Å². The highest BCUT2D eigenvalue weighted by atomic mass is 32.2. The van der Waals surface area contributed by atoms with Crippen molar-refractivity contribution in [1.82, 2.24) is 4.31 Å². The topological polar surface area (TPSA) is 55.8 Å². The first-order chi connectivity index (χ1) is 15.5. The van der Waals surface area contributed by atoms with Crippen molar-refractivity contribution in [1.29, 1.82) is 0 Å². The Kier molecular flexibility index (Phi) is 5.32. The molecule has 5 rings (SSSR count). The van der Waals surface area contributed by atoms with Crippen molar-refractivity contribution in [2.45, 2.75) is 43.5 Å². The summed E-state index contributed by atoms with van der Waals surface area (Å²) < 4.78 is 40.8. The van der Waals surface area contributed by atoms with E-state index in [1.165, 1.54) is 0 Å². The number of benzene rings is 3. The number of sulfonamides is 1. The van der Waals surface area contributed by atoms with Crippen LogP contribution in [-0.4, -0.2) is 26.1 Å². The summed E-state index contributed by atoms with van der Waals surface area (Å²) in [6.45, 7) is 2.33. The van der Waals surface area contributed by atoms with Crippen molar-refractivity contribution in [3.05, 3.63) is 95.6 Å². The SMILES string of the molecule is COc1ccc(C2N(S(=O)(=O)c3ccc(C)cc3)C(OCc3ccccc3)C23CC3)cc1. The molecule has 3 aromatic carbocycles. The number of rotatable bonds is 7. The van der Waals surface area contributed by atoms with Crippen LogP contribution in [-0.2, 0) is 21.4 Å². The van der Waals surface area contributed by atoms with Gasteiger partial charge in [0, 0.05) is 5.41 Å². The molecule has 0 amide bonds. The first-order valence-corrected chi connectivity index (χ1v) is 12.3. The summed E-state index contributed by atoms with van der Waals surface area (Å²) in [5, 5.41) is 0. The normalized spacial score (nSPS) is 21.8. The molecule has 0 bridgehead atoms. The zero-order valence-electron chi connectivity index (χ0n) is 18.3. The van der Waals surface area contributed by atoms with Crippen LogP contribution in [0.1, 0.15) is 35.6 Å². The Balaban J connectivity index is 1.51. The molecule has 0 aromatic heterocycles. The summed E-state index contributed by atoms with van der Waals surface area (Å²) in [5.41, 5.74) is 2.85. The Morgan fingerprint density at radius 2 is 1.59 bits per heavy atom. The van der Waals surface area contributed by atoms with Crippen molar-refractivity contribution in [3.8, 4) is 5.75 Å². The summed E-state index contributed by atoms with van der Waals surface area (Å²) in [4.78, 5) is 0.297. The van der Waals surface area contributed by atoms with Gasteiger partial charge < -0.3 is 9.47 Å². The van der Waals surface area contributed by atoms with Gasteiger partial charge in [0.25, 0.3) is 0 Å². The Bertz CT molecular complexity index is 1190. The predicted molar refractivity (Wildman–Crippen MR) is 123 cm³/mol. The molecule has 2 fully saturated rings. The molecule has 0 radical (unpaired) electrons. The molecule has 32 heavy (non-hydrogen) atoms. The lowest BCUT2D eigenvalue weighted by molar-refractivity contribution is -0.184. The molecule has 0 N–H and O–H groups in total. The van der Waals surface area contributed by atoms with Crippen molar-refractivity contribution in [3.63, 3.8) is 0 Å². The lowest BCUT2D eigenvalue weighted by atomic mass is 9.80. The van der Waals surface area contributed by atoms with Crippen molar-refractivity contribution in [2.24, 2.45) is 5.41 Å². The number of methoxy groups -OCH3 is 1. The number of hydrogen-bond acceptors (Lipinski definition) is 4. The lowest BCUT2D eigenvalue weighted by Crippen LogP contribution is -2.63. The van der Waals surface area contributed by atoms with E-state index in [1.54, 1.807) is 23.5 Å². The molecule has 1 aliphatic carbocycles. The van der Waals surface area contributed by atoms with Crippen LogP contribution in [0.4, 0.5) is 0 Å². The molecular formula is C26H27NO4S. The smallest absolute Gasteiger partial charge is 0.245 e. The number of ether oxygens (including phenoxy) is 2. The Morgan fingerprint density at radius 3 is 2.19 bits per heavy atom. The molecule has 1 aliphatic heterocycles. The fourth-order valence-electron chi connectivity index (χ4n) is 4.71. The van der Waals surface area contributed by atoms with Gasteiger partial charge in [-0.15, -0.1) is 0 Å². The third-order valence-electron chi connectivity index (χ3n) is 6.63. The molecule has 3 aromatic rings. The molecule has 2 unspecified atom stereocenters. The van der Waals surface area contributed by atoms with Crippen LogP contribution in [0.5, 0.6) is 5.75 Å². The van der Waals surface area contributed by atoms with Crippen LogP contribution < -0.4 is 4.74 Å². The summed E-state index contributed by atoms with van der Waals surface area (Å²) in [6, 6.07) is 24.4. The molecule has 2 aliphatic rings. The summed E-state index contributed by atoms with van der Waals surface area (Å²) in [7, 11) is -2.11. The minimum absolute atomic E-state index is 0.179. The minimum atomic E-state index is -3.74. The van der Waals surface area contributed by atoms with E-state index >= 15 is 0 Å². The lowest BCUT2D eigenvalue weighted by Gasteiger charge is -2.54. The molecule has 1 saturated heterocycles. The van der Waals surface area contributed by atoms with Crippen LogP contribution in [0.15, 0.2) is 83.8 Å². The molecule has 1 spiro atoms. The maximum Gasteiger partial charge on any atom is 0.245 e. The van der Waals surface area contributed by atoms with E-state index < -0.39 is 16.3 Å². The van der Waals surface area contributed by atoms with Crippen LogP contribution in [0.2, 0.25) is 0 Å². The van der Waals surface area contributed by atoms with Crippen molar-refractivity contribution in [2.75, 3.05) is 7.11 Å². The van der Waals surface area contributed by atoms with E-state index in [9.17, 15) is 8.42 Å². The Morgan fingerprint density at radius 1 is 0.938 bits per heavy atom. The molecule has 2 atom stereocenters. The van der Waals surface area contributed by atoms with E-state index in [0.29, 0.717) is 11.5 Å². The fourth-order valence-corrected chi connectivity index (χ4v) is 6.57. The molecule has 1 heterocycles. The third kappa shape index (κ3) is 3.52. The van der Waals surface area contributed by atoms with E-state index in [1.807, 2.05) is 73.7 Å². The quantitative estimate of drug-likeness (QED) is 0.505. The standard InChI is InChI=1S/C26H27NO4S/c1-19-8-14-23(15-9-19)32(28,29)27-24(21-10-12-22(30-2)13-11-21)26(16-17-26)25(27)31-18-20-6-4-3-5-7-20/h3-15,24-25H,16-18H2,1-2H3. The number of aryl methyl sites for hydroxylation is 1. The summed E-state index contributed by atoms with van der Waals surface area (Å²) >= 11 is 0. The zero-order valence-corrected chi connectivity index (χ0v) is 19.1. The molecule has 166 valence electrons. The van der Waals surface area contributed by atoms with Gasteiger partial charge in [-0.05, 0) is 55.2 Å². The predicted octanol–water partition coefficient (Wildman–Crippen LogP) is 5.07.